The van der Waals surface area contributed by atoms with E-state index in [1.54, 1.807) is 30.3 Å². The van der Waals surface area contributed by atoms with E-state index in [1.165, 1.54) is 26.5 Å². The summed E-state index contributed by atoms with van der Waals surface area (Å²) in [5.41, 5.74) is 0.788. The Morgan fingerprint density at radius 1 is 1.12 bits per heavy atom. The second-order valence-corrected chi connectivity index (χ2v) is 5.81. The quantitative estimate of drug-likeness (QED) is 0.560. The summed E-state index contributed by atoms with van der Waals surface area (Å²) in [5, 5.41) is 15.4. The van der Waals surface area contributed by atoms with Gasteiger partial charge in [0, 0.05) is 23.0 Å². The van der Waals surface area contributed by atoms with Crippen LogP contribution in [0.2, 0.25) is 10.0 Å². The minimum absolute atomic E-state index is 0.143. The van der Waals surface area contributed by atoms with Gasteiger partial charge in [0.15, 0.2) is 11.5 Å². The van der Waals surface area contributed by atoms with Crippen LogP contribution in [0, 0.1) is 11.3 Å². The molecule has 0 aliphatic rings. The van der Waals surface area contributed by atoms with Crippen molar-refractivity contribution < 1.29 is 14.3 Å². The summed E-state index contributed by atoms with van der Waals surface area (Å²) >= 11 is 11.9. The molecule has 0 fully saturated rings. The van der Waals surface area contributed by atoms with Gasteiger partial charge in [-0.3, -0.25) is 4.79 Å². The number of carbonyl (C=O) groups excluding carboxylic acids is 1. The summed E-state index contributed by atoms with van der Waals surface area (Å²) in [4.78, 5) is 12.3. The molecule has 0 saturated carbocycles. The van der Waals surface area contributed by atoms with E-state index in [4.69, 9.17) is 32.7 Å². The fourth-order valence-electron chi connectivity index (χ4n) is 2.01. The fraction of sp³-hybridized carbons (Fsp3) is 0.111. The molecule has 0 spiro atoms. The Labute approximate surface area is 160 Å². The number of nitrogens with zero attached hydrogens (tertiary/aromatic N) is 1. The van der Waals surface area contributed by atoms with Gasteiger partial charge in [0.05, 0.1) is 24.9 Å². The zero-order valence-electron chi connectivity index (χ0n) is 14.0. The molecule has 0 unspecified atom stereocenters. The van der Waals surface area contributed by atoms with Crippen LogP contribution in [-0.4, -0.2) is 20.1 Å². The molecule has 0 bridgehead atoms. The number of hydrogen-bond acceptors (Lipinski definition) is 5. The number of carbonyl (C=O) groups is 1. The van der Waals surface area contributed by atoms with Gasteiger partial charge in [-0.15, -0.1) is 0 Å². The molecular formula is C18H15Cl2N3O3. The number of ether oxygens (including phenoxy) is 2. The van der Waals surface area contributed by atoms with Gasteiger partial charge in [0.25, 0.3) is 5.91 Å². The van der Waals surface area contributed by atoms with Crippen molar-refractivity contribution in [3.05, 3.63) is 58.2 Å². The monoisotopic (exact) mass is 391 g/mol. The van der Waals surface area contributed by atoms with E-state index in [0.29, 0.717) is 32.9 Å². The molecule has 2 aromatic rings. The third-order valence-electron chi connectivity index (χ3n) is 3.31. The average Bonchev–Trinajstić information content (AvgIpc) is 2.65. The second-order valence-electron chi connectivity index (χ2n) is 4.96. The van der Waals surface area contributed by atoms with Crippen LogP contribution in [0.25, 0.3) is 0 Å². The van der Waals surface area contributed by atoms with Crippen molar-refractivity contribution in [2.75, 3.05) is 24.9 Å². The first-order valence-electron chi connectivity index (χ1n) is 7.33. The molecule has 0 aliphatic heterocycles. The molecule has 2 rings (SSSR count). The summed E-state index contributed by atoms with van der Waals surface area (Å²) in [6.45, 7) is 0. The fourth-order valence-corrected chi connectivity index (χ4v) is 2.35. The van der Waals surface area contributed by atoms with E-state index in [9.17, 15) is 10.1 Å². The predicted octanol–water partition coefficient (Wildman–Crippen LogP) is 4.47. The largest absolute Gasteiger partial charge is 0.493 e. The summed E-state index contributed by atoms with van der Waals surface area (Å²) in [7, 11) is 3.05. The molecule has 2 aromatic carbocycles. The number of nitrogens with one attached hydrogen (secondary N) is 2. The molecule has 8 heteroatoms. The molecule has 0 radical (unpaired) electrons. The maximum Gasteiger partial charge on any atom is 0.267 e. The number of hydrogen-bond donors (Lipinski definition) is 2. The van der Waals surface area contributed by atoms with Gasteiger partial charge in [0.2, 0.25) is 0 Å². The second kappa shape index (κ2) is 8.99. The zero-order chi connectivity index (χ0) is 19.1. The number of amides is 1. The van der Waals surface area contributed by atoms with Gasteiger partial charge in [-0.25, -0.2) is 0 Å². The van der Waals surface area contributed by atoms with E-state index >= 15 is 0 Å². The Morgan fingerprint density at radius 3 is 2.50 bits per heavy atom. The lowest BCUT2D eigenvalue weighted by Gasteiger charge is -2.10. The van der Waals surface area contributed by atoms with Crippen LogP contribution in [0.4, 0.5) is 11.4 Å². The maximum atomic E-state index is 12.3. The van der Waals surface area contributed by atoms with Crippen molar-refractivity contribution in [3.63, 3.8) is 0 Å². The van der Waals surface area contributed by atoms with Gasteiger partial charge in [-0.1, -0.05) is 23.2 Å². The molecule has 26 heavy (non-hydrogen) atoms. The van der Waals surface area contributed by atoms with E-state index in [0.717, 1.165) is 0 Å². The SMILES string of the molecule is COc1ccc(N/C=C(/C#N)C(=O)Nc2cc(Cl)ccc2Cl)cc1OC. The highest BCUT2D eigenvalue weighted by molar-refractivity contribution is 6.35. The Balaban J connectivity index is 2.16. The normalized spacial score (nSPS) is 10.7. The number of methoxy groups -OCH3 is 2. The number of rotatable bonds is 6. The van der Waals surface area contributed by atoms with Gasteiger partial charge < -0.3 is 20.1 Å². The molecule has 0 aliphatic carbocycles. The van der Waals surface area contributed by atoms with Gasteiger partial charge in [-0.2, -0.15) is 5.26 Å². The lowest BCUT2D eigenvalue weighted by Crippen LogP contribution is -2.14. The van der Waals surface area contributed by atoms with Gasteiger partial charge >= 0.3 is 0 Å². The lowest BCUT2D eigenvalue weighted by molar-refractivity contribution is -0.112. The van der Waals surface area contributed by atoms with E-state index in [2.05, 4.69) is 10.6 Å². The number of anilines is 2. The lowest BCUT2D eigenvalue weighted by atomic mass is 10.2. The van der Waals surface area contributed by atoms with E-state index in [1.807, 2.05) is 6.07 Å². The molecule has 6 nitrogen and oxygen atoms in total. The zero-order valence-corrected chi connectivity index (χ0v) is 15.5. The molecule has 0 aromatic heterocycles. The van der Waals surface area contributed by atoms with Crippen LogP contribution in [0.15, 0.2) is 48.2 Å². The van der Waals surface area contributed by atoms with Crippen LogP contribution < -0.4 is 20.1 Å². The molecule has 2 N–H and O–H groups in total. The summed E-state index contributed by atoms with van der Waals surface area (Å²) in [5.74, 6) is 0.458. The first kappa shape index (κ1) is 19.4. The molecule has 0 atom stereocenters. The van der Waals surface area contributed by atoms with Crippen LogP contribution in [0.1, 0.15) is 0 Å². The van der Waals surface area contributed by atoms with Gasteiger partial charge in [0.1, 0.15) is 11.6 Å². The van der Waals surface area contributed by atoms with Crippen molar-refractivity contribution in [1.82, 2.24) is 0 Å². The summed E-state index contributed by atoms with van der Waals surface area (Å²) in [6.07, 6.45) is 1.29. The van der Waals surface area contributed by atoms with Crippen LogP contribution >= 0.6 is 23.2 Å². The third kappa shape index (κ3) is 4.82. The molecule has 0 saturated heterocycles. The first-order valence-corrected chi connectivity index (χ1v) is 8.09. The van der Waals surface area contributed by atoms with E-state index < -0.39 is 5.91 Å². The smallest absolute Gasteiger partial charge is 0.267 e. The Hall–Kier alpha value is -2.88. The van der Waals surface area contributed by atoms with E-state index in [-0.39, 0.29) is 5.57 Å². The highest BCUT2D eigenvalue weighted by atomic mass is 35.5. The Kier molecular flexibility index (Phi) is 6.73. The first-order chi connectivity index (χ1) is 12.5. The van der Waals surface area contributed by atoms with Crippen molar-refractivity contribution in [3.8, 4) is 17.6 Å². The average molecular weight is 392 g/mol. The molecule has 134 valence electrons. The van der Waals surface area contributed by atoms with Crippen molar-refractivity contribution in [1.29, 1.82) is 5.26 Å². The number of halogens is 2. The molecule has 1 amide bonds. The Bertz CT molecular complexity index is 892. The predicted molar refractivity (Wildman–Crippen MR) is 102 cm³/mol. The van der Waals surface area contributed by atoms with Gasteiger partial charge in [-0.05, 0) is 30.3 Å². The number of benzene rings is 2. The molecular weight excluding hydrogens is 377 g/mol. The highest BCUT2D eigenvalue weighted by Gasteiger charge is 2.12. The number of nitriles is 1. The molecule has 0 heterocycles. The summed E-state index contributed by atoms with van der Waals surface area (Å²) in [6, 6.07) is 11.6. The minimum atomic E-state index is -0.621. The van der Waals surface area contributed by atoms with Crippen LogP contribution in [-0.2, 0) is 4.79 Å². The highest BCUT2D eigenvalue weighted by Crippen LogP contribution is 2.30. The standard InChI is InChI=1S/C18H15Cl2N3O3/c1-25-16-6-4-13(8-17(16)26-2)22-10-11(9-21)18(24)23-15-7-12(19)3-5-14(15)20/h3-8,10,22H,1-2H3,(H,23,24)/b11-10-. The summed E-state index contributed by atoms with van der Waals surface area (Å²) < 4.78 is 10.4. The Morgan fingerprint density at radius 2 is 1.85 bits per heavy atom. The topological polar surface area (TPSA) is 83.4 Å². The van der Waals surface area contributed by atoms with Crippen molar-refractivity contribution >= 4 is 40.5 Å². The third-order valence-corrected chi connectivity index (χ3v) is 3.87. The van der Waals surface area contributed by atoms with Crippen molar-refractivity contribution in [2.24, 2.45) is 0 Å². The van der Waals surface area contributed by atoms with Crippen LogP contribution in [0.5, 0.6) is 11.5 Å². The maximum absolute atomic E-state index is 12.3. The minimum Gasteiger partial charge on any atom is -0.493 e. The van der Waals surface area contributed by atoms with Crippen molar-refractivity contribution in [2.45, 2.75) is 0 Å². The van der Waals surface area contributed by atoms with Crippen LogP contribution in [0.3, 0.4) is 0 Å².